The Hall–Kier alpha value is -1.95. The van der Waals surface area contributed by atoms with Crippen molar-refractivity contribution < 1.29 is 4.42 Å². The summed E-state index contributed by atoms with van der Waals surface area (Å²) in [5.41, 5.74) is 1.87. The van der Waals surface area contributed by atoms with Gasteiger partial charge in [-0.15, -0.1) is 0 Å². The van der Waals surface area contributed by atoms with Crippen LogP contribution in [0.2, 0.25) is 10.0 Å². The molecule has 1 saturated heterocycles. The van der Waals surface area contributed by atoms with Crippen LogP contribution in [0.4, 0.5) is 0 Å². The number of halogens is 2. The Bertz CT molecular complexity index is 1070. The van der Waals surface area contributed by atoms with Crippen LogP contribution in [0.15, 0.2) is 64.1 Å². The van der Waals surface area contributed by atoms with Gasteiger partial charge in [0.1, 0.15) is 23.6 Å². The summed E-state index contributed by atoms with van der Waals surface area (Å²) in [5, 5.41) is 2.14. The number of benzene rings is 1. The first-order valence-electron chi connectivity index (χ1n) is 9.60. The molecule has 4 heterocycles. The Kier molecular flexibility index (Phi) is 5.06. The second-order valence-corrected chi connectivity index (χ2v) is 8.97. The maximum absolute atomic E-state index is 6.35. The van der Waals surface area contributed by atoms with E-state index in [1.165, 1.54) is 0 Å². The molecule has 5 rings (SSSR count). The molecule has 0 radical (unpaired) electrons. The second-order valence-electron chi connectivity index (χ2n) is 7.17. The standard InChI is InChI=1S/C22H19Cl2N3OS/c1-2-14-12-29-22-26-20(17-5-3-4-10-25-17)21(27(14)22)19-9-8-18(28-19)13-6-7-15(23)16(24)11-13/h3-11,14,20-21H,2,12H2,1H3/t14-,20-,21-/m1/s1. The largest absolute Gasteiger partial charge is 0.459 e. The van der Waals surface area contributed by atoms with E-state index in [1.807, 2.05) is 60.4 Å². The average molecular weight is 444 g/mol. The van der Waals surface area contributed by atoms with E-state index in [2.05, 4.69) is 16.8 Å². The summed E-state index contributed by atoms with van der Waals surface area (Å²) in [5.74, 6) is 2.72. The molecule has 7 heteroatoms. The highest BCUT2D eigenvalue weighted by molar-refractivity contribution is 8.14. The van der Waals surface area contributed by atoms with Crippen molar-refractivity contribution in [3.05, 3.63) is 76.2 Å². The van der Waals surface area contributed by atoms with Gasteiger partial charge in [0, 0.05) is 23.6 Å². The number of amidine groups is 1. The average Bonchev–Trinajstić information content (AvgIpc) is 3.45. The lowest BCUT2D eigenvalue weighted by Gasteiger charge is -2.30. The summed E-state index contributed by atoms with van der Waals surface area (Å²) in [6.07, 6.45) is 2.89. The number of nitrogens with zero attached hydrogens (tertiary/aromatic N) is 3. The van der Waals surface area contributed by atoms with Gasteiger partial charge in [-0.25, -0.2) is 4.99 Å². The number of hydrogen-bond donors (Lipinski definition) is 0. The van der Waals surface area contributed by atoms with Crippen molar-refractivity contribution in [1.82, 2.24) is 9.88 Å². The van der Waals surface area contributed by atoms with Gasteiger partial charge in [-0.3, -0.25) is 4.98 Å². The molecule has 29 heavy (non-hydrogen) atoms. The Labute approximate surface area is 183 Å². The van der Waals surface area contributed by atoms with Crippen LogP contribution in [-0.4, -0.2) is 26.8 Å². The summed E-state index contributed by atoms with van der Waals surface area (Å²) in [6.45, 7) is 2.22. The number of aliphatic imine (C=N–C) groups is 1. The number of rotatable bonds is 4. The molecule has 2 aromatic heterocycles. The molecule has 3 atom stereocenters. The van der Waals surface area contributed by atoms with Crippen molar-refractivity contribution in [2.24, 2.45) is 4.99 Å². The van der Waals surface area contributed by atoms with Crippen LogP contribution >= 0.6 is 35.0 Å². The number of aromatic nitrogens is 1. The summed E-state index contributed by atoms with van der Waals surface area (Å²) in [7, 11) is 0. The molecule has 0 amide bonds. The molecule has 0 N–H and O–H groups in total. The van der Waals surface area contributed by atoms with Crippen LogP contribution in [0.5, 0.6) is 0 Å². The Morgan fingerprint density at radius 3 is 2.79 bits per heavy atom. The van der Waals surface area contributed by atoms with Gasteiger partial charge in [-0.05, 0) is 48.9 Å². The zero-order valence-electron chi connectivity index (χ0n) is 15.8. The summed E-state index contributed by atoms with van der Waals surface area (Å²) < 4.78 is 6.35. The van der Waals surface area contributed by atoms with E-state index in [0.717, 1.165) is 40.1 Å². The van der Waals surface area contributed by atoms with Gasteiger partial charge in [0.2, 0.25) is 0 Å². The Morgan fingerprint density at radius 2 is 2.03 bits per heavy atom. The number of hydrogen-bond acceptors (Lipinski definition) is 5. The first-order chi connectivity index (χ1) is 14.2. The minimum absolute atomic E-state index is 0.00336. The van der Waals surface area contributed by atoms with Gasteiger partial charge in [-0.2, -0.15) is 0 Å². The lowest BCUT2D eigenvalue weighted by atomic mass is 10.0. The maximum atomic E-state index is 6.35. The minimum atomic E-state index is -0.0825. The predicted octanol–water partition coefficient (Wildman–Crippen LogP) is 6.63. The van der Waals surface area contributed by atoms with Crippen LogP contribution in [0.1, 0.15) is 36.9 Å². The predicted molar refractivity (Wildman–Crippen MR) is 120 cm³/mol. The van der Waals surface area contributed by atoms with E-state index in [4.69, 9.17) is 32.6 Å². The first kappa shape index (κ1) is 19.0. The van der Waals surface area contributed by atoms with Crippen LogP contribution in [-0.2, 0) is 0 Å². The number of pyridine rings is 1. The first-order valence-corrected chi connectivity index (χ1v) is 11.3. The smallest absolute Gasteiger partial charge is 0.161 e. The fraction of sp³-hybridized carbons (Fsp3) is 0.273. The zero-order valence-corrected chi connectivity index (χ0v) is 18.1. The molecule has 148 valence electrons. The maximum Gasteiger partial charge on any atom is 0.161 e. The zero-order chi connectivity index (χ0) is 20.0. The Morgan fingerprint density at radius 1 is 1.14 bits per heavy atom. The van der Waals surface area contributed by atoms with Crippen molar-refractivity contribution >= 4 is 40.1 Å². The van der Waals surface area contributed by atoms with Crippen molar-refractivity contribution in [1.29, 1.82) is 0 Å². The Balaban J connectivity index is 1.55. The summed E-state index contributed by atoms with van der Waals surface area (Å²) in [4.78, 5) is 12.0. The fourth-order valence-electron chi connectivity index (χ4n) is 3.98. The number of thioether (sulfide) groups is 1. The molecular formula is C22H19Cl2N3OS. The molecule has 0 spiro atoms. The molecule has 4 nitrogen and oxygen atoms in total. The van der Waals surface area contributed by atoms with Crippen molar-refractivity contribution in [2.75, 3.05) is 5.75 Å². The normalized spacial score (nSPS) is 23.3. The molecular weight excluding hydrogens is 425 g/mol. The van der Waals surface area contributed by atoms with Crippen molar-refractivity contribution in [2.45, 2.75) is 31.5 Å². The molecule has 2 aliphatic rings. The van der Waals surface area contributed by atoms with E-state index in [-0.39, 0.29) is 12.1 Å². The third-order valence-electron chi connectivity index (χ3n) is 5.45. The number of furan rings is 1. The highest BCUT2D eigenvalue weighted by Crippen LogP contribution is 2.49. The topological polar surface area (TPSA) is 41.6 Å². The second kappa shape index (κ2) is 7.71. The van der Waals surface area contributed by atoms with Gasteiger partial charge in [-0.1, -0.05) is 48.0 Å². The molecule has 0 saturated carbocycles. The van der Waals surface area contributed by atoms with E-state index in [0.29, 0.717) is 16.1 Å². The van der Waals surface area contributed by atoms with Crippen LogP contribution in [0.3, 0.4) is 0 Å². The SMILES string of the molecule is CC[C@@H]1CSC2=N[C@H](c3ccccn3)[C@@H](c3ccc(-c4ccc(Cl)c(Cl)c4)o3)N21. The van der Waals surface area contributed by atoms with Crippen LogP contribution in [0.25, 0.3) is 11.3 Å². The van der Waals surface area contributed by atoms with Gasteiger partial charge in [0.25, 0.3) is 0 Å². The number of fused-ring (bicyclic) bond motifs is 1. The van der Waals surface area contributed by atoms with E-state index in [9.17, 15) is 0 Å². The summed E-state index contributed by atoms with van der Waals surface area (Å²) in [6, 6.07) is 15.9. The van der Waals surface area contributed by atoms with Gasteiger partial charge in [0.05, 0.1) is 15.7 Å². The molecule has 0 bridgehead atoms. The van der Waals surface area contributed by atoms with Crippen molar-refractivity contribution in [3.63, 3.8) is 0 Å². The molecule has 2 aliphatic heterocycles. The van der Waals surface area contributed by atoms with Gasteiger partial charge in [0.15, 0.2) is 5.17 Å². The molecule has 0 aliphatic carbocycles. The molecule has 0 unspecified atom stereocenters. The lowest BCUT2D eigenvalue weighted by Crippen LogP contribution is -2.35. The third kappa shape index (κ3) is 3.35. The quantitative estimate of drug-likeness (QED) is 0.453. The molecule has 1 aromatic carbocycles. The van der Waals surface area contributed by atoms with E-state index < -0.39 is 0 Å². The lowest BCUT2D eigenvalue weighted by molar-refractivity contribution is 0.226. The molecule has 3 aromatic rings. The highest BCUT2D eigenvalue weighted by Gasteiger charge is 2.46. The van der Waals surface area contributed by atoms with Crippen molar-refractivity contribution in [3.8, 4) is 11.3 Å². The highest BCUT2D eigenvalue weighted by atomic mass is 35.5. The van der Waals surface area contributed by atoms with E-state index in [1.54, 1.807) is 6.07 Å². The fourth-order valence-corrected chi connectivity index (χ4v) is 5.61. The summed E-state index contributed by atoms with van der Waals surface area (Å²) >= 11 is 14.1. The van der Waals surface area contributed by atoms with Gasteiger partial charge < -0.3 is 9.32 Å². The van der Waals surface area contributed by atoms with Crippen LogP contribution in [0, 0.1) is 0 Å². The monoisotopic (exact) mass is 443 g/mol. The van der Waals surface area contributed by atoms with Gasteiger partial charge >= 0.3 is 0 Å². The molecule has 1 fully saturated rings. The minimum Gasteiger partial charge on any atom is -0.459 e. The van der Waals surface area contributed by atoms with Crippen LogP contribution < -0.4 is 0 Å². The van der Waals surface area contributed by atoms with E-state index >= 15 is 0 Å². The third-order valence-corrected chi connectivity index (χ3v) is 7.32.